The molecule has 0 bridgehead atoms. The van der Waals surface area contributed by atoms with Crippen LogP contribution in [-0.4, -0.2) is 24.5 Å². The van der Waals surface area contributed by atoms with Gasteiger partial charge in [-0.3, -0.25) is 10.1 Å². The van der Waals surface area contributed by atoms with Gasteiger partial charge in [-0.15, -0.1) is 11.3 Å². The van der Waals surface area contributed by atoms with E-state index in [-0.39, 0.29) is 11.9 Å². The Bertz CT molecular complexity index is 367. The van der Waals surface area contributed by atoms with E-state index in [1.54, 1.807) is 18.4 Å². The predicted molar refractivity (Wildman–Crippen MR) is 64.6 cm³/mol. The Balaban J connectivity index is 1.93. The van der Waals surface area contributed by atoms with Gasteiger partial charge in [0.2, 0.25) is 5.91 Å². The summed E-state index contributed by atoms with van der Waals surface area (Å²) >= 11 is 1.78. The number of aryl methyl sites for hydroxylation is 2. The van der Waals surface area contributed by atoms with Crippen molar-refractivity contribution in [3.05, 3.63) is 15.6 Å². The molecule has 0 saturated heterocycles. The molecule has 0 radical (unpaired) electrons. The second kappa shape index (κ2) is 4.93. The van der Waals surface area contributed by atoms with Gasteiger partial charge < -0.3 is 5.32 Å². The molecule has 0 aromatic carbocycles. The molecule has 16 heavy (non-hydrogen) atoms. The SMILES string of the molecule is CNC(=O)CNC(C)c1nc2c(s1)CCC2. The minimum atomic E-state index is 0.0101. The molecular formula is C11H17N3OS. The van der Waals surface area contributed by atoms with Gasteiger partial charge in [0, 0.05) is 11.9 Å². The maximum absolute atomic E-state index is 11.1. The van der Waals surface area contributed by atoms with E-state index in [1.165, 1.54) is 23.4 Å². The maximum atomic E-state index is 11.1. The van der Waals surface area contributed by atoms with Crippen LogP contribution in [0.2, 0.25) is 0 Å². The minimum absolute atomic E-state index is 0.0101. The van der Waals surface area contributed by atoms with Crippen molar-refractivity contribution in [1.82, 2.24) is 15.6 Å². The van der Waals surface area contributed by atoms with E-state index in [2.05, 4.69) is 22.5 Å². The molecule has 2 rings (SSSR count). The van der Waals surface area contributed by atoms with Crippen LogP contribution in [0.3, 0.4) is 0 Å². The summed E-state index contributed by atoms with van der Waals surface area (Å²) in [6, 6.07) is 0.160. The third kappa shape index (κ3) is 2.41. The fourth-order valence-corrected chi connectivity index (χ4v) is 3.00. The molecule has 0 aliphatic heterocycles. The zero-order valence-electron chi connectivity index (χ0n) is 9.67. The smallest absolute Gasteiger partial charge is 0.233 e. The predicted octanol–water partition coefficient (Wildman–Crippen LogP) is 1.03. The monoisotopic (exact) mass is 239 g/mol. The highest BCUT2D eigenvalue weighted by molar-refractivity contribution is 7.11. The Morgan fingerprint density at radius 3 is 3.06 bits per heavy atom. The van der Waals surface area contributed by atoms with Gasteiger partial charge in [-0.1, -0.05) is 0 Å². The molecule has 0 saturated carbocycles. The van der Waals surface area contributed by atoms with Crippen molar-refractivity contribution < 1.29 is 4.79 Å². The van der Waals surface area contributed by atoms with Gasteiger partial charge in [0.25, 0.3) is 0 Å². The average molecular weight is 239 g/mol. The normalized spacial score (nSPS) is 15.9. The van der Waals surface area contributed by atoms with Crippen molar-refractivity contribution in [3.8, 4) is 0 Å². The summed E-state index contributed by atoms with van der Waals surface area (Å²) in [6.45, 7) is 2.40. The van der Waals surface area contributed by atoms with E-state index in [0.717, 1.165) is 11.4 Å². The molecule has 0 spiro atoms. The molecule has 1 unspecified atom stereocenters. The molecule has 1 heterocycles. The first kappa shape index (κ1) is 11.5. The first-order chi connectivity index (χ1) is 7.70. The minimum Gasteiger partial charge on any atom is -0.358 e. The summed E-state index contributed by atoms with van der Waals surface area (Å²) in [5.41, 5.74) is 1.27. The lowest BCUT2D eigenvalue weighted by Crippen LogP contribution is -2.32. The zero-order valence-corrected chi connectivity index (χ0v) is 10.5. The van der Waals surface area contributed by atoms with Crippen molar-refractivity contribution in [3.63, 3.8) is 0 Å². The van der Waals surface area contributed by atoms with E-state index in [0.29, 0.717) is 6.54 Å². The second-order valence-corrected chi connectivity index (χ2v) is 5.17. The third-order valence-electron chi connectivity index (χ3n) is 2.83. The van der Waals surface area contributed by atoms with Crippen molar-refractivity contribution in [2.24, 2.45) is 0 Å². The summed E-state index contributed by atoms with van der Waals surface area (Å²) < 4.78 is 0. The van der Waals surface area contributed by atoms with Crippen molar-refractivity contribution in [2.45, 2.75) is 32.2 Å². The van der Waals surface area contributed by atoms with Gasteiger partial charge >= 0.3 is 0 Å². The Morgan fingerprint density at radius 1 is 1.56 bits per heavy atom. The number of aromatic nitrogens is 1. The Kier molecular flexibility index (Phi) is 3.56. The van der Waals surface area contributed by atoms with Crippen LogP contribution in [-0.2, 0) is 17.6 Å². The van der Waals surface area contributed by atoms with Gasteiger partial charge in [0.15, 0.2) is 0 Å². The molecule has 1 amide bonds. The molecule has 0 fully saturated rings. The number of carbonyl (C=O) groups excluding carboxylic acids is 1. The number of rotatable bonds is 4. The number of nitrogens with one attached hydrogen (secondary N) is 2. The number of carbonyl (C=O) groups is 1. The van der Waals surface area contributed by atoms with E-state index < -0.39 is 0 Å². The third-order valence-corrected chi connectivity index (χ3v) is 4.17. The average Bonchev–Trinajstić information content (AvgIpc) is 2.85. The molecular weight excluding hydrogens is 222 g/mol. The molecule has 1 aliphatic rings. The highest BCUT2D eigenvalue weighted by atomic mass is 32.1. The number of hydrogen-bond donors (Lipinski definition) is 2. The van der Waals surface area contributed by atoms with E-state index in [9.17, 15) is 4.79 Å². The Labute approximate surface area is 99.5 Å². The van der Waals surface area contributed by atoms with Crippen LogP contribution in [0.15, 0.2) is 0 Å². The summed E-state index contributed by atoms with van der Waals surface area (Å²) in [4.78, 5) is 17.1. The lowest BCUT2D eigenvalue weighted by Gasteiger charge is -2.09. The molecule has 1 aromatic rings. The van der Waals surface area contributed by atoms with E-state index in [4.69, 9.17) is 0 Å². The van der Waals surface area contributed by atoms with Crippen LogP contribution < -0.4 is 10.6 Å². The molecule has 4 nitrogen and oxygen atoms in total. The molecule has 88 valence electrons. The highest BCUT2D eigenvalue weighted by Crippen LogP contribution is 2.30. The molecule has 1 aliphatic carbocycles. The fraction of sp³-hybridized carbons (Fsp3) is 0.636. The van der Waals surface area contributed by atoms with Gasteiger partial charge in [-0.05, 0) is 26.2 Å². The van der Waals surface area contributed by atoms with Gasteiger partial charge in [0.05, 0.1) is 18.3 Å². The van der Waals surface area contributed by atoms with Crippen LogP contribution in [0.25, 0.3) is 0 Å². The number of fused-ring (bicyclic) bond motifs is 1. The number of amides is 1. The summed E-state index contributed by atoms with van der Waals surface area (Å²) in [6.07, 6.45) is 3.54. The van der Waals surface area contributed by atoms with Crippen LogP contribution in [0.4, 0.5) is 0 Å². The van der Waals surface area contributed by atoms with Crippen molar-refractivity contribution >= 4 is 17.2 Å². The van der Waals surface area contributed by atoms with Crippen LogP contribution in [0.5, 0.6) is 0 Å². The molecule has 5 heteroatoms. The number of thiazole rings is 1. The van der Waals surface area contributed by atoms with Gasteiger partial charge in [-0.2, -0.15) is 0 Å². The van der Waals surface area contributed by atoms with Gasteiger partial charge in [-0.25, -0.2) is 4.98 Å². The topological polar surface area (TPSA) is 54.0 Å². The Hall–Kier alpha value is -0.940. The molecule has 2 N–H and O–H groups in total. The first-order valence-electron chi connectivity index (χ1n) is 5.63. The lowest BCUT2D eigenvalue weighted by atomic mass is 10.3. The highest BCUT2D eigenvalue weighted by Gasteiger charge is 2.19. The zero-order chi connectivity index (χ0) is 11.5. The summed E-state index contributed by atoms with van der Waals surface area (Å²) in [5.74, 6) is 0.0101. The van der Waals surface area contributed by atoms with Crippen molar-refractivity contribution in [2.75, 3.05) is 13.6 Å². The maximum Gasteiger partial charge on any atom is 0.233 e. The van der Waals surface area contributed by atoms with Gasteiger partial charge in [0.1, 0.15) is 5.01 Å². The second-order valence-electron chi connectivity index (χ2n) is 4.05. The fourth-order valence-electron chi connectivity index (χ4n) is 1.82. The summed E-state index contributed by atoms with van der Waals surface area (Å²) in [5, 5.41) is 6.87. The summed E-state index contributed by atoms with van der Waals surface area (Å²) in [7, 11) is 1.65. The Morgan fingerprint density at radius 2 is 2.38 bits per heavy atom. The standard InChI is InChI=1S/C11H17N3OS/c1-7(13-6-10(15)12-2)11-14-8-4-3-5-9(8)16-11/h7,13H,3-6H2,1-2H3,(H,12,15). The van der Waals surface area contributed by atoms with Crippen molar-refractivity contribution in [1.29, 1.82) is 0 Å². The molecule has 1 atom stereocenters. The van der Waals surface area contributed by atoms with Crippen LogP contribution in [0, 0.1) is 0 Å². The lowest BCUT2D eigenvalue weighted by molar-refractivity contribution is -0.119. The van der Waals surface area contributed by atoms with Crippen LogP contribution >= 0.6 is 11.3 Å². The number of hydrogen-bond acceptors (Lipinski definition) is 4. The van der Waals surface area contributed by atoms with Crippen LogP contribution in [0.1, 0.15) is 35.0 Å². The quantitative estimate of drug-likeness (QED) is 0.825. The van der Waals surface area contributed by atoms with E-state index >= 15 is 0 Å². The van der Waals surface area contributed by atoms with E-state index in [1.807, 2.05) is 0 Å². The number of likely N-dealkylation sites (N-methyl/N-ethyl adjacent to an activating group) is 1. The largest absolute Gasteiger partial charge is 0.358 e. The molecule has 1 aromatic heterocycles. The number of nitrogens with zero attached hydrogens (tertiary/aromatic N) is 1. The first-order valence-corrected chi connectivity index (χ1v) is 6.44.